The average molecular weight is 295 g/mol. The smallest absolute Gasteiger partial charge is 0.376 e. The van der Waals surface area contributed by atoms with Crippen LogP contribution in [0.3, 0.4) is 0 Å². The van der Waals surface area contributed by atoms with E-state index in [0.717, 1.165) is 6.07 Å². The van der Waals surface area contributed by atoms with Crippen molar-refractivity contribution in [3.05, 3.63) is 40.8 Å². The molecule has 1 heterocycles. The number of nitrogens with zero attached hydrogens (tertiary/aromatic N) is 1. The van der Waals surface area contributed by atoms with Gasteiger partial charge in [-0.25, -0.2) is 18.6 Å². The van der Waals surface area contributed by atoms with Crippen LogP contribution in [0, 0.1) is 18.6 Å². The van der Waals surface area contributed by atoms with Crippen LogP contribution in [0.1, 0.15) is 35.7 Å². The lowest BCUT2D eigenvalue weighted by Gasteiger charge is -2.03. The van der Waals surface area contributed by atoms with E-state index in [-0.39, 0.29) is 29.4 Å². The van der Waals surface area contributed by atoms with Crippen LogP contribution in [0.15, 0.2) is 16.5 Å². The van der Waals surface area contributed by atoms with Crippen molar-refractivity contribution in [2.75, 3.05) is 6.61 Å². The van der Waals surface area contributed by atoms with Gasteiger partial charge in [0.05, 0.1) is 12.3 Å². The summed E-state index contributed by atoms with van der Waals surface area (Å²) in [6.07, 6.45) is 0.382. The third kappa shape index (κ3) is 2.79. The van der Waals surface area contributed by atoms with Crippen LogP contribution in [0.25, 0.3) is 11.5 Å². The molecule has 0 aliphatic carbocycles. The molecule has 1 aromatic heterocycles. The van der Waals surface area contributed by atoms with E-state index in [1.165, 1.54) is 13.0 Å². The van der Waals surface area contributed by atoms with Gasteiger partial charge in [-0.1, -0.05) is 13.0 Å². The molecule has 0 saturated carbocycles. The summed E-state index contributed by atoms with van der Waals surface area (Å²) < 4.78 is 38.0. The van der Waals surface area contributed by atoms with Gasteiger partial charge in [0.15, 0.2) is 0 Å². The highest BCUT2D eigenvalue weighted by Crippen LogP contribution is 2.29. The quantitative estimate of drug-likeness (QED) is 0.808. The Hall–Kier alpha value is -2.24. The first-order chi connectivity index (χ1) is 9.99. The second-order valence-corrected chi connectivity index (χ2v) is 4.42. The van der Waals surface area contributed by atoms with E-state index in [9.17, 15) is 13.6 Å². The fourth-order valence-electron chi connectivity index (χ4n) is 1.91. The number of ether oxygens (including phenoxy) is 1. The van der Waals surface area contributed by atoms with Gasteiger partial charge < -0.3 is 9.15 Å². The van der Waals surface area contributed by atoms with Gasteiger partial charge in [0.25, 0.3) is 0 Å². The third-order valence-corrected chi connectivity index (χ3v) is 2.99. The molecular formula is C15H15F2NO3. The summed E-state index contributed by atoms with van der Waals surface area (Å²) in [5.41, 5.74) is 0.198. The maximum absolute atomic E-state index is 14.1. The Labute approximate surface area is 120 Å². The van der Waals surface area contributed by atoms with Crippen molar-refractivity contribution in [3.63, 3.8) is 0 Å². The second kappa shape index (κ2) is 6.03. The van der Waals surface area contributed by atoms with Gasteiger partial charge in [-0.05, 0) is 31.9 Å². The number of benzene rings is 1. The van der Waals surface area contributed by atoms with Crippen LogP contribution in [0.4, 0.5) is 8.78 Å². The fourth-order valence-corrected chi connectivity index (χ4v) is 1.91. The minimum Gasteiger partial charge on any atom is -0.460 e. The van der Waals surface area contributed by atoms with Crippen LogP contribution >= 0.6 is 0 Å². The summed E-state index contributed by atoms with van der Waals surface area (Å²) in [5.74, 6) is -2.61. The molecule has 112 valence electrons. The maximum Gasteiger partial charge on any atom is 0.376 e. The topological polar surface area (TPSA) is 52.3 Å². The van der Waals surface area contributed by atoms with E-state index in [2.05, 4.69) is 4.98 Å². The Morgan fingerprint density at radius 2 is 2.05 bits per heavy atom. The molecule has 0 aliphatic heterocycles. The van der Waals surface area contributed by atoms with Gasteiger partial charge in [-0.3, -0.25) is 0 Å². The number of esters is 1. The van der Waals surface area contributed by atoms with Crippen molar-refractivity contribution in [3.8, 4) is 11.5 Å². The van der Waals surface area contributed by atoms with E-state index in [1.807, 2.05) is 0 Å². The summed E-state index contributed by atoms with van der Waals surface area (Å²) in [5, 5.41) is 0. The Morgan fingerprint density at radius 1 is 1.33 bits per heavy atom. The SMILES string of the molecule is CCOC(=O)c1oc(-c2c(F)ccc(C)c2F)nc1CC. The minimum absolute atomic E-state index is 0.116. The average Bonchev–Trinajstić information content (AvgIpc) is 2.88. The van der Waals surface area contributed by atoms with Crippen molar-refractivity contribution >= 4 is 5.97 Å². The zero-order chi connectivity index (χ0) is 15.6. The number of aryl methyl sites for hydroxylation is 2. The zero-order valence-corrected chi connectivity index (χ0v) is 12.0. The van der Waals surface area contributed by atoms with Crippen LogP contribution in [0.5, 0.6) is 0 Å². The molecule has 0 radical (unpaired) electrons. The predicted molar refractivity (Wildman–Crippen MR) is 71.9 cm³/mol. The molecule has 4 nitrogen and oxygen atoms in total. The third-order valence-electron chi connectivity index (χ3n) is 2.99. The Balaban J connectivity index is 2.56. The molecule has 0 fully saturated rings. The van der Waals surface area contributed by atoms with Crippen molar-refractivity contribution in [1.82, 2.24) is 4.98 Å². The largest absolute Gasteiger partial charge is 0.460 e. The minimum atomic E-state index is -0.794. The number of halogens is 2. The molecular weight excluding hydrogens is 280 g/mol. The lowest BCUT2D eigenvalue weighted by molar-refractivity contribution is 0.0489. The van der Waals surface area contributed by atoms with Gasteiger partial charge >= 0.3 is 5.97 Å². The first kappa shape index (κ1) is 15.2. The van der Waals surface area contributed by atoms with E-state index < -0.39 is 17.6 Å². The van der Waals surface area contributed by atoms with Crippen LogP contribution in [-0.2, 0) is 11.2 Å². The number of carbonyl (C=O) groups is 1. The molecule has 0 aliphatic rings. The number of hydrogen-bond acceptors (Lipinski definition) is 4. The van der Waals surface area contributed by atoms with Crippen LogP contribution in [-0.4, -0.2) is 17.6 Å². The van der Waals surface area contributed by atoms with Gasteiger partial charge in [0, 0.05) is 0 Å². The van der Waals surface area contributed by atoms with E-state index in [1.54, 1.807) is 13.8 Å². The Kier molecular flexibility index (Phi) is 4.35. The normalized spacial score (nSPS) is 10.7. The summed E-state index contributed by atoms with van der Waals surface area (Å²) >= 11 is 0. The molecule has 2 rings (SSSR count). The first-order valence-electron chi connectivity index (χ1n) is 6.61. The van der Waals surface area contributed by atoms with Gasteiger partial charge in [-0.15, -0.1) is 0 Å². The molecule has 0 bridgehead atoms. The van der Waals surface area contributed by atoms with E-state index in [0.29, 0.717) is 12.1 Å². The predicted octanol–water partition coefficient (Wildman–Crippen LogP) is 3.67. The monoisotopic (exact) mass is 295 g/mol. The molecule has 0 N–H and O–H groups in total. The number of aromatic nitrogens is 1. The lowest BCUT2D eigenvalue weighted by Crippen LogP contribution is -2.05. The number of oxazole rings is 1. The molecule has 6 heteroatoms. The summed E-state index contributed by atoms with van der Waals surface area (Å²) in [6, 6.07) is 2.46. The molecule has 1 aromatic carbocycles. The standard InChI is InChI=1S/C15H15F2NO3/c1-4-10-13(15(19)20-5-2)21-14(18-10)11-9(16)7-6-8(3)12(11)17/h6-7H,4-5H2,1-3H3. The first-order valence-corrected chi connectivity index (χ1v) is 6.61. The fraction of sp³-hybridized carbons (Fsp3) is 0.333. The molecule has 0 atom stereocenters. The maximum atomic E-state index is 14.1. The van der Waals surface area contributed by atoms with Crippen LogP contribution in [0.2, 0.25) is 0 Å². The highest BCUT2D eigenvalue weighted by molar-refractivity contribution is 5.88. The highest BCUT2D eigenvalue weighted by atomic mass is 19.1. The van der Waals surface area contributed by atoms with Crippen molar-refractivity contribution in [1.29, 1.82) is 0 Å². The summed E-state index contributed by atoms with van der Waals surface area (Å²) in [7, 11) is 0. The molecule has 0 unspecified atom stereocenters. The van der Waals surface area contributed by atoms with Crippen LogP contribution < -0.4 is 0 Å². The molecule has 0 saturated heterocycles. The molecule has 2 aromatic rings. The van der Waals surface area contributed by atoms with E-state index in [4.69, 9.17) is 9.15 Å². The van der Waals surface area contributed by atoms with Crippen molar-refractivity contribution in [2.24, 2.45) is 0 Å². The Morgan fingerprint density at radius 3 is 2.67 bits per heavy atom. The number of carbonyl (C=O) groups excluding carboxylic acids is 1. The van der Waals surface area contributed by atoms with Gasteiger partial charge in [-0.2, -0.15) is 0 Å². The highest BCUT2D eigenvalue weighted by Gasteiger charge is 2.25. The van der Waals surface area contributed by atoms with Crippen molar-refractivity contribution < 1.29 is 22.7 Å². The van der Waals surface area contributed by atoms with E-state index >= 15 is 0 Å². The molecule has 21 heavy (non-hydrogen) atoms. The second-order valence-electron chi connectivity index (χ2n) is 4.42. The van der Waals surface area contributed by atoms with Crippen molar-refractivity contribution in [2.45, 2.75) is 27.2 Å². The summed E-state index contributed by atoms with van der Waals surface area (Å²) in [4.78, 5) is 15.8. The Bertz CT molecular complexity index is 680. The van der Waals surface area contributed by atoms with Gasteiger partial charge in [0.1, 0.15) is 17.2 Å². The lowest BCUT2D eigenvalue weighted by atomic mass is 10.1. The number of hydrogen-bond donors (Lipinski definition) is 0. The summed E-state index contributed by atoms with van der Waals surface area (Å²) in [6.45, 7) is 5.09. The number of rotatable bonds is 4. The molecule has 0 spiro atoms. The zero-order valence-electron chi connectivity index (χ0n) is 12.0. The van der Waals surface area contributed by atoms with Gasteiger partial charge in [0.2, 0.25) is 11.7 Å². The molecule has 0 amide bonds.